The molecule has 2 aliphatic rings. The number of piperidine rings is 1. The van der Waals surface area contributed by atoms with E-state index in [9.17, 15) is 14.7 Å². The zero-order valence-electron chi connectivity index (χ0n) is 13.0. The molecule has 2 aliphatic heterocycles. The molecular weight excluding hydrogens is 272 g/mol. The van der Waals surface area contributed by atoms with Gasteiger partial charge in [0.2, 0.25) is 0 Å². The van der Waals surface area contributed by atoms with Gasteiger partial charge in [-0.3, -0.25) is 0 Å². The van der Waals surface area contributed by atoms with Crippen molar-refractivity contribution >= 4 is 12.0 Å². The Morgan fingerprint density at radius 3 is 2.71 bits per heavy atom. The van der Waals surface area contributed by atoms with E-state index in [0.717, 1.165) is 25.8 Å². The van der Waals surface area contributed by atoms with Crippen LogP contribution >= 0.6 is 0 Å². The van der Waals surface area contributed by atoms with Crippen LogP contribution in [0.15, 0.2) is 0 Å². The van der Waals surface area contributed by atoms with E-state index in [1.54, 1.807) is 12.0 Å². The molecule has 6 heteroatoms. The molecule has 0 aliphatic carbocycles. The Bertz CT molecular complexity index is 399. The monoisotopic (exact) mass is 298 g/mol. The Morgan fingerprint density at radius 1 is 1.33 bits per heavy atom. The van der Waals surface area contributed by atoms with Gasteiger partial charge in [0.25, 0.3) is 0 Å². The van der Waals surface area contributed by atoms with Crippen LogP contribution < -0.4 is 0 Å². The standard InChI is InChI=1S/C15H26N2O4/c1-3-15(13(18)19)7-5-9-17(15)14(20)16-8-4-6-12(10-16)11-21-2/h12H,3-11H2,1-2H3,(H,18,19). The Hall–Kier alpha value is -1.30. The summed E-state index contributed by atoms with van der Waals surface area (Å²) in [6.45, 7) is 4.44. The lowest BCUT2D eigenvalue weighted by Gasteiger charge is -2.40. The van der Waals surface area contributed by atoms with Gasteiger partial charge in [-0.15, -0.1) is 0 Å². The fourth-order valence-corrected chi connectivity index (χ4v) is 3.68. The molecule has 2 rings (SSSR count). The van der Waals surface area contributed by atoms with Gasteiger partial charge >= 0.3 is 12.0 Å². The maximum atomic E-state index is 12.8. The van der Waals surface area contributed by atoms with E-state index in [4.69, 9.17) is 4.74 Å². The molecule has 0 aromatic heterocycles. The molecule has 0 radical (unpaired) electrons. The van der Waals surface area contributed by atoms with Gasteiger partial charge in [0.15, 0.2) is 0 Å². The number of likely N-dealkylation sites (tertiary alicyclic amines) is 2. The van der Waals surface area contributed by atoms with E-state index in [1.165, 1.54) is 0 Å². The van der Waals surface area contributed by atoms with Crippen LogP contribution in [0.3, 0.4) is 0 Å². The first-order valence-electron chi connectivity index (χ1n) is 7.84. The summed E-state index contributed by atoms with van der Waals surface area (Å²) in [7, 11) is 1.67. The molecule has 0 aromatic carbocycles. The number of rotatable bonds is 4. The Labute approximate surface area is 126 Å². The minimum absolute atomic E-state index is 0.113. The van der Waals surface area contributed by atoms with Crippen molar-refractivity contribution in [2.45, 2.75) is 44.6 Å². The van der Waals surface area contributed by atoms with E-state index >= 15 is 0 Å². The van der Waals surface area contributed by atoms with Crippen LogP contribution in [-0.4, -0.2) is 65.8 Å². The third-order valence-electron chi connectivity index (χ3n) is 4.89. The molecule has 2 atom stereocenters. The highest BCUT2D eigenvalue weighted by atomic mass is 16.5. The van der Waals surface area contributed by atoms with E-state index < -0.39 is 11.5 Å². The molecule has 2 unspecified atom stereocenters. The lowest BCUT2D eigenvalue weighted by atomic mass is 9.93. The molecule has 6 nitrogen and oxygen atoms in total. The van der Waals surface area contributed by atoms with Gasteiger partial charge < -0.3 is 19.6 Å². The molecule has 2 heterocycles. The molecule has 2 saturated heterocycles. The molecule has 0 bridgehead atoms. The molecule has 2 amide bonds. The third-order valence-corrected chi connectivity index (χ3v) is 4.89. The van der Waals surface area contributed by atoms with Gasteiger partial charge in [0.1, 0.15) is 5.54 Å². The predicted octanol–water partition coefficient (Wildman–Crippen LogP) is 1.79. The lowest BCUT2D eigenvalue weighted by Crippen LogP contribution is -2.58. The first-order chi connectivity index (χ1) is 10.0. The number of urea groups is 1. The summed E-state index contributed by atoms with van der Waals surface area (Å²) in [5.41, 5.74) is -1.01. The van der Waals surface area contributed by atoms with Gasteiger partial charge in [-0.1, -0.05) is 6.92 Å². The number of carboxylic acids is 1. The smallest absolute Gasteiger partial charge is 0.329 e. The molecular formula is C15H26N2O4. The topological polar surface area (TPSA) is 70.1 Å². The minimum Gasteiger partial charge on any atom is -0.479 e. The summed E-state index contributed by atoms with van der Waals surface area (Å²) >= 11 is 0. The molecule has 0 spiro atoms. The van der Waals surface area contributed by atoms with Crippen LogP contribution in [0, 0.1) is 5.92 Å². The number of methoxy groups -OCH3 is 1. The summed E-state index contributed by atoms with van der Waals surface area (Å²) in [6.07, 6.45) is 3.81. The highest BCUT2D eigenvalue weighted by Crippen LogP contribution is 2.34. The number of aliphatic carboxylic acids is 1. The van der Waals surface area contributed by atoms with Crippen molar-refractivity contribution in [3.05, 3.63) is 0 Å². The number of hydrogen-bond donors (Lipinski definition) is 1. The number of carboxylic acid groups (broad SMARTS) is 1. The van der Waals surface area contributed by atoms with Gasteiger partial charge in [-0.05, 0) is 32.1 Å². The van der Waals surface area contributed by atoms with Crippen molar-refractivity contribution in [2.75, 3.05) is 33.4 Å². The zero-order valence-corrected chi connectivity index (χ0v) is 13.0. The molecule has 0 aromatic rings. The predicted molar refractivity (Wildman–Crippen MR) is 78.2 cm³/mol. The maximum absolute atomic E-state index is 12.8. The fourth-order valence-electron chi connectivity index (χ4n) is 3.68. The number of ether oxygens (including phenoxy) is 1. The quantitative estimate of drug-likeness (QED) is 0.859. The van der Waals surface area contributed by atoms with Gasteiger partial charge in [0.05, 0.1) is 6.61 Å². The number of carbonyl (C=O) groups excluding carboxylic acids is 1. The summed E-state index contributed by atoms with van der Waals surface area (Å²) in [5.74, 6) is -0.516. The van der Waals surface area contributed by atoms with E-state index in [0.29, 0.717) is 38.5 Å². The van der Waals surface area contributed by atoms with E-state index in [-0.39, 0.29) is 6.03 Å². The Morgan fingerprint density at radius 2 is 2.10 bits per heavy atom. The third kappa shape index (κ3) is 3.00. The normalized spacial score (nSPS) is 29.7. The summed E-state index contributed by atoms with van der Waals surface area (Å²) in [6, 6.07) is -0.113. The molecule has 21 heavy (non-hydrogen) atoms. The van der Waals surface area contributed by atoms with Crippen LogP contribution in [0.25, 0.3) is 0 Å². The number of hydrogen-bond acceptors (Lipinski definition) is 3. The molecule has 1 N–H and O–H groups in total. The average molecular weight is 298 g/mol. The number of nitrogens with zero attached hydrogens (tertiary/aromatic N) is 2. The first-order valence-corrected chi connectivity index (χ1v) is 7.84. The zero-order chi connectivity index (χ0) is 15.5. The van der Waals surface area contributed by atoms with Crippen LogP contribution in [0.1, 0.15) is 39.0 Å². The van der Waals surface area contributed by atoms with E-state index in [2.05, 4.69) is 0 Å². The van der Waals surface area contributed by atoms with Crippen molar-refractivity contribution in [1.29, 1.82) is 0 Å². The molecule has 2 fully saturated rings. The van der Waals surface area contributed by atoms with Gasteiger partial charge in [-0.25, -0.2) is 9.59 Å². The van der Waals surface area contributed by atoms with Crippen LogP contribution in [0.4, 0.5) is 4.79 Å². The summed E-state index contributed by atoms with van der Waals surface area (Å²) in [4.78, 5) is 27.9. The second kappa shape index (κ2) is 6.64. The Balaban J connectivity index is 2.09. The molecule has 0 saturated carbocycles. The second-order valence-corrected chi connectivity index (χ2v) is 6.14. The second-order valence-electron chi connectivity index (χ2n) is 6.14. The highest BCUT2D eigenvalue weighted by Gasteiger charge is 2.49. The summed E-state index contributed by atoms with van der Waals surface area (Å²) < 4.78 is 5.19. The van der Waals surface area contributed by atoms with Crippen molar-refractivity contribution in [3.63, 3.8) is 0 Å². The molecule has 120 valence electrons. The number of carbonyl (C=O) groups is 2. The van der Waals surface area contributed by atoms with Crippen molar-refractivity contribution < 1.29 is 19.4 Å². The highest BCUT2D eigenvalue weighted by molar-refractivity contribution is 5.87. The average Bonchev–Trinajstić information content (AvgIpc) is 2.92. The maximum Gasteiger partial charge on any atom is 0.329 e. The van der Waals surface area contributed by atoms with Crippen LogP contribution in [0.5, 0.6) is 0 Å². The van der Waals surface area contributed by atoms with Crippen molar-refractivity contribution in [1.82, 2.24) is 9.80 Å². The van der Waals surface area contributed by atoms with Crippen molar-refractivity contribution in [3.8, 4) is 0 Å². The van der Waals surface area contributed by atoms with E-state index in [1.807, 2.05) is 11.8 Å². The van der Waals surface area contributed by atoms with Crippen molar-refractivity contribution in [2.24, 2.45) is 5.92 Å². The van der Waals surface area contributed by atoms with Crippen LogP contribution in [0.2, 0.25) is 0 Å². The summed E-state index contributed by atoms with van der Waals surface area (Å²) in [5, 5.41) is 9.59. The largest absolute Gasteiger partial charge is 0.479 e. The number of amides is 2. The van der Waals surface area contributed by atoms with Gasteiger partial charge in [0, 0.05) is 32.7 Å². The fraction of sp³-hybridized carbons (Fsp3) is 0.867. The van der Waals surface area contributed by atoms with Gasteiger partial charge in [-0.2, -0.15) is 0 Å². The lowest BCUT2D eigenvalue weighted by molar-refractivity contribution is -0.148. The Kier molecular flexibility index (Phi) is 5.08. The SMILES string of the molecule is CCC1(C(=O)O)CCCN1C(=O)N1CCCC(COC)C1. The first kappa shape index (κ1) is 16.1. The van der Waals surface area contributed by atoms with Crippen LogP contribution in [-0.2, 0) is 9.53 Å². The minimum atomic E-state index is -1.01.